The van der Waals surface area contributed by atoms with Crippen molar-refractivity contribution in [3.63, 3.8) is 0 Å². The van der Waals surface area contributed by atoms with Gasteiger partial charge in [-0.3, -0.25) is 5.01 Å². The first-order valence-electron chi connectivity index (χ1n) is 14.6. The molecule has 1 aliphatic carbocycles. The van der Waals surface area contributed by atoms with E-state index in [9.17, 15) is 18.0 Å². The van der Waals surface area contributed by atoms with Crippen LogP contribution in [0.3, 0.4) is 0 Å². The van der Waals surface area contributed by atoms with Gasteiger partial charge in [-0.05, 0) is 75.6 Å². The van der Waals surface area contributed by atoms with Crippen molar-refractivity contribution in [3.8, 4) is 5.75 Å². The van der Waals surface area contributed by atoms with Crippen LogP contribution in [0.15, 0.2) is 65.6 Å². The van der Waals surface area contributed by atoms with E-state index in [0.29, 0.717) is 30.2 Å². The summed E-state index contributed by atoms with van der Waals surface area (Å²) >= 11 is 1.69. The van der Waals surface area contributed by atoms with Crippen LogP contribution in [0.5, 0.6) is 5.75 Å². The van der Waals surface area contributed by atoms with Crippen molar-refractivity contribution in [1.29, 1.82) is 0 Å². The second-order valence-corrected chi connectivity index (χ2v) is 12.1. The number of halogens is 3. The second kappa shape index (κ2) is 12.6. The van der Waals surface area contributed by atoms with E-state index in [1.807, 2.05) is 37.1 Å². The van der Waals surface area contributed by atoms with Crippen molar-refractivity contribution in [2.24, 2.45) is 5.41 Å². The minimum Gasteiger partial charge on any atom is -0.482 e. The molecule has 232 valence electrons. The highest BCUT2D eigenvalue weighted by atomic mass is 32.2. The van der Waals surface area contributed by atoms with Crippen LogP contribution < -0.4 is 15.2 Å². The van der Waals surface area contributed by atoms with Crippen molar-refractivity contribution in [2.45, 2.75) is 70.2 Å². The minimum absolute atomic E-state index is 0.159. The Balaban J connectivity index is 1.42. The second-order valence-electron chi connectivity index (χ2n) is 11.1. The Morgan fingerprint density at radius 2 is 1.93 bits per heavy atom. The molecule has 0 saturated carbocycles. The smallest absolute Gasteiger partial charge is 0.416 e. The quantitative estimate of drug-likeness (QED) is 0.203. The Morgan fingerprint density at radius 1 is 1.16 bits per heavy atom. The molecule has 0 spiro atoms. The number of aryl methyl sites for hydroxylation is 1. The number of hydrazine groups is 1. The summed E-state index contributed by atoms with van der Waals surface area (Å²) < 4.78 is 57.2. The highest BCUT2D eigenvalue weighted by molar-refractivity contribution is 7.99. The normalized spacial score (nSPS) is 24.7. The molecule has 43 heavy (non-hydrogen) atoms. The minimum atomic E-state index is -4.40. The molecule has 0 amide bonds. The van der Waals surface area contributed by atoms with Crippen LogP contribution in [0.2, 0.25) is 0 Å². The number of thioether (sulfide) groups is 1. The van der Waals surface area contributed by atoms with Gasteiger partial charge in [-0.1, -0.05) is 37.6 Å². The van der Waals surface area contributed by atoms with Gasteiger partial charge in [-0.2, -0.15) is 18.6 Å². The highest BCUT2D eigenvalue weighted by Crippen LogP contribution is 2.56. The molecule has 0 aromatic heterocycles. The van der Waals surface area contributed by atoms with Crippen molar-refractivity contribution in [2.75, 3.05) is 30.5 Å². The molecule has 0 radical (unpaired) electrons. The number of rotatable bonds is 12. The largest absolute Gasteiger partial charge is 0.482 e. The number of nitrogens with zero attached hydrogens (tertiary/aromatic N) is 2. The number of allylic oxidation sites excluding steroid dienone is 3. The molecule has 3 atom stereocenters. The summed E-state index contributed by atoms with van der Waals surface area (Å²) in [4.78, 5) is 15.2. The van der Waals surface area contributed by atoms with E-state index in [-0.39, 0.29) is 6.61 Å². The first kappa shape index (κ1) is 31.4. The van der Waals surface area contributed by atoms with Gasteiger partial charge in [0.25, 0.3) is 0 Å². The number of ether oxygens (including phenoxy) is 3. The molecule has 6 rings (SSSR count). The van der Waals surface area contributed by atoms with E-state index >= 15 is 0 Å². The maximum atomic E-state index is 13.2. The van der Waals surface area contributed by atoms with Crippen LogP contribution in [0.4, 0.5) is 18.9 Å². The van der Waals surface area contributed by atoms with E-state index in [1.54, 1.807) is 18.7 Å². The number of hydrogen-bond acceptors (Lipinski definition) is 8. The number of fused-ring (bicyclic) bond motifs is 1. The third kappa shape index (κ3) is 6.05. The Morgan fingerprint density at radius 3 is 2.58 bits per heavy atom. The van der Waals surface area contributed by atoms with Gasteiger partial charge in [-0.25, -0.2) is 9.69 Å². The molecule has 3 fully saturated rings. The lowest BCUT2D eigenvalue weighted by Crippen LogP contribution is -2.73. The molecule has 3 heterocycles. The Bertz CT molecular complexity index is 1380. The molecule has 3 aliphatic heterocycles. The molecule has 7 nitrogen and oxygen atoms in total. The van der Waals surface area contributed by atoms with Crippen LogP contribution in [0.1, 0.15) is 49.8 Å². The van der Waals surface area contributed by atoms with E-state index in [2.05, 4.69) is 35.5 Å². The molecular formula is C32H38F3N3O4S. The highest BCUT2D eigenvalue weighted by Gasteiger charge is 2.71. The molecule has 11 heteroatoms. The summed E-state index contributed by atoms with van der Waals surface area (Å²) in [6.07, 6.45) is 6.18. The monoisotopic (exact) mass is 617 g/mol. The van der Waals surface area contributed by atoms with E-state index in [1.165, 1.54) is 12.1 Å². The molecule has 2 bridgehead atoms. The van der Waals surface area contributed by atoms with Gasteiger partial charge in [0.15, 0.2) is 6.61 Å². The number of unbranched alkanes of at least 4 members (excludes halogenated alkanes) is 1. The molecule has 2 aromatic carbocycles. The van der Waals surface area contributed by atoms with Crippen molar-refractivity contribution < 1.29 is 32.2 Å². The molecule has 1 N–H and O–H groups in total. The molecular weight excluding hydrogens is 579 g/mol. The van der Waals surface area contributed by atoms with E-state index in [0.717, 1.165) is 47.5 Å². The molecule has 3 saturated heterocycles. The number of carbonyl (C=O) groups excluding carboxylic acids is 1. The van der Waals surface area contributed by atoms with Crippen LogP contribution in [0.25, 0.3) is 0 Å². The zero-order valence-electron chi connectivity index (χ0n) is 24.9. The van der Waals surface area contributed by atoms with Crippen LogP contribution in [-0.2, 0) is 20.4 Å². The summed E-state index contributed by atoms with van der Waals surface area (Å²) in [7, 11) is 0. The summed E-state index contributed by atoms with van der Waals surface area (Å²) in [5, 5.41) is 1.84. The van der Waals surface area contributed by atoms with Gasteiger partial charge < -0.3 is 14.2 Å². The van der Waals surface area contributed by atoms with Crippen LogP contribution in [-0.4, -0.2) is 48.6 Å². The fourth-order valence-corrected chi connectivity index (χ4v) is 7.17. The topological polar surface area (TPSA) is 63.3 Å². The summed E-state index contributed by atoms with van der Waals surface area (Å²) in [5.74, 6) is -0.00828. The van der Waals surface area contributed by atoms with E-state index in [4.69, 9.17) is 14.2 Å². The van der Waals surface area contributed by atoms with Crippen LogP contribution >= 0.6 is 11.8 Å². The predicted molar refractivity (Wildman–Crippen MR) is 160 cm³/mol. The fraction of sp³-hybridized carbons (Fsp3) is 0.469. The SMILES string of the molecule is CCCCN1C2OC1(C1(CSc3cc(C)cc(OCC(=O)OCC)c3C)C=CC=CC1)NN2c1ccc(C(F)(F)F)cc1. The van der Waals surface area contributed by atoms with Crippen LogP contribution in [0, 0.1) is 19.3 Å². The first-order chi connectivity index (χ1) is 20.5. The van der Waals surface area contributed by atoms with Gasteiger partial charge >= 0.3 is 12.1 Å². The Hall–Kier alpha value is -2.99. The van der Waals surface area contributed by atoms with Gasteiger partial charge in [0.1, 0.15) is 5.75 Å². The third-order valence-corrected chi connectivity index (χ3v) is 9.47. The summed E-state index contributed by atoms with van der Waals surface area (Å²) in [6, 6.07) is 9.21. The number of carbonyl (C=O) groups is 1. The van der Waals surface area contributed by atoms with Crippen molar-refractivity contribution in [3.05, 3.63) is 77.4 Å². The average Bonchev–Trinajstić information content (AvgIpc) is 3.54. The van der Waals surface area contributed by atoms with Crippen molar-refractivity contribution >= 4 is 23.4 Å². The fourth-order valence-electron chi connectivity index (χ4n) is 5.77. The lowest BCUT2D eigenvalue weighted by molar-refractivity contribution is -0.351. The maximum Gasteiger partial charge on any atom is 0.416 e. The lowest BCUT2D eigenvalue weighted by Gasteiger charge is -2.56. The number of hydrogen-bond donors (Lipinski definition) is 1. The zero-order chi connectivity index (χ0) is 30.8. The number of anilines is 1. The number of alkyl halides is 3. The van der Waals surface area contributed by atoms with Gasteiger partial charge in [0.2, 0.25) is 12.2 Å². The number of esters is 1. The Kier molecular flexibility index (Phi) is 9.18. The molecule has 3 unspecified atom stereocenters. The summed E-state index contributed by atoms with van der Waals surface area (Å²) in [5.41, 5.74) is 4.95. The van der Waals surface area contributed by atoms with Gasteiger partial charge in [-0.15, -0.1) is 11.8 Å². The maximum absolute atomic E-state index is 13.2. The molecule has 2 aromatic rings. The lowest BCUT2D eigenvalue weighted by atomic mass is 9.76. The standard InChI is InChI=1S/C32H38F3N3O4S/c1-5-7-17-37-29-38(25-13-11-24(12-14-25)31(33,34)35)36-32(37,42-29)30(15-9-8-10-16-30)21-43-27-19-22(3)18-26(23(27)4)41-20-28(39)40-6-2/h8-15,18-19,29,36H,5-7,16-17,20-21H2,1-4H3. The van der Waals surface area contributed by atoms with Gasteiger partial charge in [0.05, 0.1) is 23.3 Å². The average molecular weight is 618 g/mol. The first-order valence-corrected chi connectivity index (χ1v) is 15.6. The zero-order valence-corrected chi connectivity index (χ0v) is 25.7. The van der Waals surface area contributed by atoms with Crippen molar-refractivity contribution in [1.82, 2.24) is 10.3 Å². The van der Waals surface area contributed by atoms with Gasteiger partial charge in [0, 0.05) is 22.8 Å². The Labute approximate surface area is 255 Å². The molecule has 4 aliphatic rings. The summed E-state index contributed by atoms with van der Waals surface area (Å²) in [6.45, 7) is 8.77. The number of nitrogens with one attached hydrogen (secondary N) is 1. The number of benzene rings is 2. The predicted octanol–water partition coefficient (Wildman–Crippen LogP) is 6.95. The van der Waals surface area contributed by atoms with E-state index < -0.39 is 35.3 Å². The third-order valence-electron chi connectivity index (χ3n) is 8.08.